The molecule has 2 aromatic rings. The summed E-state index contributed by atoms with van der Waals surface area (Å²) < 4.78 is 50.4. The molecule has 178 valence electrons. The summed E-state index contributed by atoms with van der Waals surface area (Å²) in [6.45, 7) is 2.22. The fourth-order valence-corrected chi connectivity index (χ4v) is 3.30. The minimum Gasteiger partial charge on any atom is -0.497 e. The number of rotatable bonds is 10. The molecule has 6 nitrogen and oxygen atoms in total. The largest absolute Gasteiger partial charge is 0.497 e. The Morgan fingerprint density at radius 3 is 2.30 bits per heavy atom. The lowest BCUT2D eigenvalue weighted by Crippen LogP contribution is -2.48. The molecule has 1 aliphatic rings. The lowest BCUT2D eigenvalue weighted by atomic mass is 10.1. The normalized spacial score (nSPS) is 14.3. The van der Waals surface area contributed by atoms with Gasteiger partial charge in [0, 0.05) is 13.0 Å². The Bertz CT molecular complexity index is 986. The van der Waals surface area contributed by atoms with Gasteiger partial charge in [0.15, 0.2) is 0 Å². The van der Waals surface area contributed by atoms with Crippen molar-refractivity contribution >= 4 is 11.8 Å². The van der Waals surface area contributed by atoms with Crippen LogP contribution >= 0.6 is 0 Å². The summed E-state index contributed by atoms with van der Waals surface area (Å²) in [4.78, 5) is 24.5. The van der Waals surface area contributed by atoms with E-state index in [1.165, 1.54) is 31.4 Å². The van der Waals surface area contributed by atoms with Gasteiger partial charge in [-0.2, -0.15) is 13.2 Å². The summed E-state index contributed by atoms with van der Waals surface area (Å²) >= 11 is 0. The number of carbonyl (C=O) groups is 2. The van der Waals surface area contributed by atoms with E-state index in [1.54, 1.807) is 12.1 Å². The van der Waals surface area contributed by atoms with Crippen molar-refractivity contribution in [1.29, 1.82) is 0 Å². The maximum absolute atomic E-state index is 13.3. The number of alkyl halides is 3. The second-order valence-electron chi connectivity index (χ2n) is 8.02. The highest BCUT2D eigenvalue weighted by molar-refractivity contribution is 5.94. The maximum atomic E-state index is 13.3. The van der Waals surface area contributed by atoms with E-state index in [9.17, 15) is 22.8 Å². The number of ether oxygens (including phenoxy) is 2. The number of amides is 2. The number of halogens is 3. The molecule has 0 heterocycles. The Hall–Kier alpha value is -3.23. The van der Waals surface area contributed by atoms with Gasteiger partial charge in [-0.15, -0.1) is 0 Å². The highest BCUT2D eigenvalue weighted by Gasteiger charge is 2.50. The van der Waals surface area contributed by atoms with Crippen molar-refractivity contribution in [3.63, 3.8) is 0 Å². The summed E-state index contributed by atoms with van der Waals surface area (Å²) in [5, 5.41) is 5.65. The lowest BCUT2D eigenvalue weighted by molar-refractivity contribution is -0.138. The highest BCUT2D eigenvalue weighted by atomic mass is 19.4. The molecule has 0 aliphatic heterocycles. The van der Waals surface area contributed by atoms with Gasteiger partial charge >= 0.3 is 6.18 Å². The summed E-state index contributed by atoms with van der Waals surface area (Å²) in [6, 6.07) is 9.87. The molecule has 2 aromatic carbocycles. The third-order valence-corrected chi connectivity index (χ3v) is 5.42. The van der Waals surface area contributed by atoms with E-state index in [2.05, 4.69) is 10.6 Å². The second kappa shape index (κ2) is 10.1. The molecule has 0 aromatic heterocycles. The SMILES string of the molecule is CCCCC(=O)NC1(C(=O)NCc2ccc(Oc3ccc(OC)cc3C(F)(F)F)cc2)CC1. The van der Waals surface area contributed by atoms with Gasteiger partial charge in [0.2, 0.25) is 11.8 Å². The van der Waals surface area contributed by atoms with Crippen LogP contribution in [-0.2, 0) is 22.3 Å². The van der Waals surface area contributed by atoms with E-state index in [0.717, 1.165) is 24.5 Å². The average molecular weight is 464 g/mol. The predicted molar refractivity (Wildman–Crippen MR) is 116 cm³/mol. The van der Waals surface area contributed by atoms with Crippen molar-refractivity contribution < 1.29 is 32.2 Å². The number of benzene rings is 2. The van der Waals surface area contributed by atoms with E-state index >= 15 is 0 Å². The Morgan fingerprint density at radius 2 is 1.73 bits per heavy atom. The number of carbonyl (C=O) groups excluding carboxylic acids is 2. The number of nitrogens with one attached hydrogen (secondary N) is 2. The van der Waals surface area contributed by atoms with Crippen molar-refractivity contribution in [2.45, 2.75) is 57.3 Å². The van der Waals surface area contributed by atoms with Crippen LogP contribution in [0.15, 0.2) is 42.5 Å². The first kappa shape index (κ1) is 24.4. The molecule has 2 amide bonds. The van der Waals surface area contributed by atoms with E-state index in [0.29, 0.717) is 19.3 Å². The monoisotopic (exact) mass is 464 g/mol. The molecule has 1 aliphatic carbocycles. The van der Waals surface area contributed by atoms with Crippen LogP contribution in [0.5, 0.6) is 17.2 Å². The van der Waals surface area contributed by atoms with Crippen LogP contribution in [0, 0.1) is 0 Å². The van der Waals surface area contributed by atoms with Crippen molar-refractivity contribution in [3.8, 4) is 17.2 Å². The lowest BCUT2D eigenvalue weighted by Gasteiger charge is -2.17. The highest BCUT2D eigenvalue weighted by Crippen LogP contribution is 2.40. The van der Waals surface area contributed by atoms with Gasteiger partial charge < -0.3 is 20.1 Å². The average Bonchev–Trinajstić information content (AvgIpc) is 3.57. The zero-order valence-corrected chi connectivity index (χ0v) is 18.6. The Kier molecular flexibility index (Phi) is 7.50. The fourth-order valence-electron chi connectivity index (χ4n) is 3.30. The Labute approximate surface area is 190 Å². The molecule has 0 bridgehead atoms. The third kappa shape index (κ3) is 6.40. The van der Waals surface area contributed by atoms with Crippen LogP contribution in [0.3, 0.4) is 0 Å². The predicted octanol–water partition coefficient (Wildman–Crippen LogP) is 4.96. The minimum atomic E-state index is -4.60. The Morgan fingerprint density at radius 1 is 1.06 bits per heavy atom. The molecule has 1 saturated carbocycles. The van der Waals surface area contributed by atoms with Gasteiger partial charge in [-0.3, -0.25) is 9.59 Å². The maximum Gasteiger partial charge on any atom is 0.420 e. The van der Waals surface area contributed by atoms with E-state index in [1.807, 2.05) is 6.92 Å². The molecule has 0 radical (unpaired) electrons. The second-order valence-corrected chi connectivity index (χ2v) is 8.02. The number of unbranched alkanes of at least 4 members (excludes halogenated alkanes) is 1. The molecular weight excluding hydrogens is 437 g/mol. The standard InChI is InChI=1S/C24H27F3N2O4/c1-3-4-5-21(30)29-23(12-13-23)22(31)28-15-16-6-8-17(9-7-16)33-20-11-10-18(32-2)14-19(20)24(25,26)27/h6-11,14H,3-5,12-13,15H2,1-2H3,(H,28,31)(H,29,30). The number of hydrogen-bond donors (Lipinski definition) is 2. The summed E-state index contributed by atoms with van der Waals surface area (Å²) in [5.41, 5.74) is -1.01. The van der Waals surface area contributed by atoms with Crippen molar-refractivity contribution in [2.24, 2.45) is 0 Å². The van der Waals surface area contributed by atoms with Crippen LogP contribution < -0.4 is 20.1 Å². The van der Waals surface area contributed by atoms with Crippen molar-refractivity contribution in [3.05, 3.63) is 53.6 Å². The zero-order valence-electron chi connectivity index (χ0n) is 18.6. The van der Waals surface area contributed by atoms with Gasteiger partial charge in [0.25, 0.3) is 0 Å². The van der Waals surface area contributed by atoms with Gasteiger partial charge in [-0.1, -0.05) is 25.5 Å². The van der Waals surface area contributed by atoms with E-state index in [-0.39, 0.29) is 35.6 Å². The first-order chi connectivity index (χ1) is 15.7. The van der Waals surface area contributed by atoms with Gasteiger partial charge in [-0.05, 0) is 55.2 Å². The van der Waals surface area contributed by atoms with Gasteiger partial charge in [0.05, 0.1) is 7.11 Å². The molecule has 0 atom stereocenters. The molecule has 9 heteroatoms. The van der Waals surface area contributed by atoms with E-state index < -0.39 is 17.3 Å². The zero-order chi connectivity index (χ0) is 24.1. The summed E-state index contributed by atoms with van der Waals surface area (Å²) in [5.74, 6) is -0.388. The molecule has 1 fully saturated rings. The molecular formula is C24H27F3N2O4. The molecule has 0 spiro atoms. The van der Waals surface area contributed by atoms with Crippen LogP contribution in [0.1, 0.15) is 50.2 Å². The van der Waals surface area contributed by atoms with Crippen molar-refractivity contribution in [1.82, 2.24) is 10.6 Å². The summed E-state index contributed by atoms with van der Waals surface area (Å²) in [6.07, 6.45) is -1.31. The quantitative estimate of drug-likeness (QED) is 0.521. The molecule has 2 N–H and O–H groups in total. The molecule has 0 saturated heterocycles. The van der Waals surface area contributed by atoms with E-state index in [4.69, 9.17) is 9.47 Å². The van der Waals surface area contributed by atoms with Gasteiger partial charge in [0.1, 0.15) is 28.4 Å². The van der Waals surface area contributed by atoms with Crippen molar-refractivity contribution in [2.75, 3.05) is 7.11 Å². The minimum absolute atomic E-state index is 0.0794. The van der Waals surface area contributed by atoms with Crippen LogP contribution in [-0.4, -0.2) is 24.5 Å². The first-order valence-electron chi connectivity index (χ1n) is 10.8. The van der Waals surface area contributed by atoms with Gasteiger partial charge in [-0.25, -0.2) is 0 Å². The van der Waals surface area contributed by atoms with Crippen LogP contribution in [0.2, 0.25) is 0 Å². The molecule has 33 heavy (non-hydrogen) atoms. The number of methoxy groups -OCH3 is 1. The van der Waals surface area contributed by atoms with Crippen LogP contribution in [0.25, 0.3) is 0 Å². The topological polar surface area (TPSA) is 76.7 Å². The molecule has 0 unspecified atom stereocenters. The Balaban J connectivity index is 1.58. The third-order valence-electron chi connectivity index (χ3n) is 5.42. The first-order valence-corrected chi connectivity index (χ1v) is 10.8. The fraction of sp³-hybridized carbons (Fsp3) is 0.417. The summed E-state index contributed by atoms with van der Waals surface area (Å²) in [7, 11) is 1.29. The smallest absolute Gasteiger partial charge is 0.420 e. The van der Waals surface area contributed by atoms with Crippen LogP contribution in [0.4, 0.5) is 13.2 Å². The molecule has 3 rings (SSSR count). The number of hydrogen-bond acceptors (Lipinski definition) is 4.